The van der Waals surface area contributed by atoms with Crippen LogP contribution in [-0.4, -0.2) is 130 Å². The van der Waals surface area contributed by atoms with Crippen LogP contribution in [0, 0.1) is 0 Å². The van der Waals surface area contributed by atoms with Gasteiger partial charge in [-0.25, -0.2) is 0 Å². The fourth-order valence-corrected chi connectivity index (χ4v) is 4.98. The van der Waals surface area contributed by atoms with Crippen LogP contribution in [0.1, 0.15) is 12.8 Å². The van der Waals surface area contributed by atoms with Gasteiger partial charge in [0.15, 0.2) is 36.2 Å². The molecule has 14 nitrogen and oxygen atoms in total. The second kappa shape index (κ2) is 19.3. The molecule has 2 amide bonds. The van der Waals surface area contributed by atoms with E-state index in [1.807, 2.05) is 0 Å². The third-order valence-corrected chi connectivity index (χ3v) is 7.43. The third kappa shape index (κ3) is 10.9. The summed E-state index contributed by atoms with van der Waals surface area (Å²) in [6, 6.07) is 6.61. The minimum Gasteiger partial charge on any atom is -0.493 e. The molecule has 0 bridgehead atoms. The van der Waals surface area contributed by atoms with E-state index in [0.717, 1.165) is 52.1 Å². The first-order valence-corrected chi connectivity index (χ1v) is 15.2. The quantitative estimate of drug-likeness (QED) is 0.203. The lowest BCUT2D eigenvalue weighted by atomic mass is 10.2. The number of rotatable bonds is 20. The molecule has 1 heterocycles. The number of piperazine rings is 1. The number of nitrogens with zero attached hydrogens (tertiary/aromatic N) is 2. The van der Waals surface area contributed by atoms with E-state index in [9.17, 15) is 9.59 Å². The summed E-state index contributed by atoms with van der Waals surface area (Å²) in [5.74, 6) is 3.26. The molecule has 3 rings (SSSR count). The van der Waals surface area contributed by atoms with Crippen molar-refractivity contribution < 1.29 is 47.5 Å². The molecule has 14 heteroatoms. The van der Waals surface area contributed by atoms with Crippen LogP contribution in [0.4, 0.5) is 0 Å². The fourth-order valence-electron chi connectivity index (χ4n) is 4.98. The van der Waals surface area contributed by atoms with E-state index in [1.165, 1.54) is 42.7 Å². The number of hydrogen-bond donors (Lipinski definition) is 2. The maximum atomic E-state index is 12.3. The summed E-state index contributed by atoms with van der Waals surface area (Å²) < 4.78 is 43.2. The highest BCUT2D eigenvalue weighted by Crippen LogP contribution is 2.41. The van der Waals surface area contributed by atoms with E-state index < -0.39 is 0 Å². The molecule has 46 heavy (non-hydrogen) atoms. The van der Waals surface area contributed by atoms with Crippen LogP contribution < -0.4 is 48.5 Å². The Morgan fingerprint density at radius 2 is 0.891 bits per heavy atom. The lowest BCUT2D eigenvalue weighted by molar-refractivity contribution is -0.123. The van der Waals surface area contributed by atoms with E-state index in [-0.39, 0.29) is 25.0 Å². The fraction of sp³-hybridized carbons (Fsp3) is 0.562. The lowest BCUT2D eigenvalue weighted by Crippen LogP contribution is -2.47. The number of benzene rings is 2. The summed E-state index contributed by atoms with van der Waals surface area (Å²) in [6.45, 7) is 6.59. The molecule has 0 aliphatic carbocycles. The van der Waals surface area contributed by atoms with Gasteiger partial charge in [0.05, 0.1) is 42.7 Å². The number of methoxy groups -OCH3 is 6. The first kappa shape index (κ1) is 36.2. The van der Waals surface area contributed by atoms with Crippen molar-refractivity contribution in [3.05, 3.63) is 24.3 Å². The Bertz CT molecular complexity index is 1110. The molecule has 2 N–H and O–H groups in total. The van der Waals surface area contributed by atoms with Crippen molar-refractivity contribution in [2.75, 3.05) is 108 Å². The Kier molecular flexibility index (Phi) is 15.2. The molecule has 2 aromatic carbocycles. The SMILES string of the molecule is COc1cc(OCC(=O)NCCCN2CCN(CCCNC(=O)COc3cc(OC)c(OC)c(OC)c3)CC2)cc(OC)c1OC. The molecule has 256 valence electrons. The number of carbonyl (C=O) groups is 2. The normalized spacial score (nSPS) is 13.3. The summed E-state index contributed by atoms with van der Waals surface area (Å²) in [4.78, 5) is 29.4. The number of carbonyl (C=O) groups excluding carboxylic acids is 2. The van der Waals surface area contributed by atoms with Crippen LogP contribution in [0.3, 0.4) is 0 Å². The van der Waals surface area contributed by atoms with Crippen molar-refractivity contribution in [3.8, 4) is 46.0 Å². The smallest absolute Gasteiger partial charge is 0.257 e. The van der Waals surface area contributed by atoms with Crippen LogP contribution >= 0.6 is 0 Å². The van der Waals surface area contributed by atoms with Crippen molar-refractivity contribution >= 4 is 11.8 Å². The second-order valence-corrected chi connectivity index (χ2v) is 10.4. The Balaban J connectivity index is 1.24. The van der Waals surface area contributed by atoms with Crippen LogP contribution in [0.25, 0.3) is 0 Å². The van der Waals surface area contributed by atoms with Crippen molar-refractivity contribution in [2.45, 2.75) is 12.8 Å². The van der Waals surface area contributed by atoms with Gasteiger partial charge in [-0.15, -0.1) is 0 Å². The Morgan fingerprint density at radius 1 is 0.565 bits per heavy atom. The van der Waals surface area contributed by atoms with Gasteiger partial charge >= 0.3 is 0 Å². The molecule has 0 radical (unpaired) electrons. The average molecular weight is 649 g/mol. The van der Waals surface area contributed by atoms with Crippen LogP contribution in [-0.2, 0) is 9.59 Å². The number of amides is 2. The van der Waals surface area contributed by atoms with E-state index in [1.54, 1.807) is 24.3 Å². The molecule has 1 aliphatic heterocycles. The van der Waals surface area contributed by atoms with Gasteiger partial charge < -0.3 is 58.3 Å². The minimum absolute atomic E-state index is 0.113. The van der Waals surface area contributed by atoms with E-state index in [2.05, 4.69) is 20.4 Å². The molecule has 0 atom stereocenters. The van der Waals surface area contributed by atoms with Crippen molar-refractivity contribution in [1.29, 1.82) is 0 Å². The van der Waals surface area contributed by atoms with Gasteiger partial charge in [-0.3, -0.25) is 9.59 Å². The largest absolute Gasteiger partial charge is 0.493 e. The molecule has 2 aromatic rings. The number of nitrogens with one attached hydrogen (secondary N) is 2. The standard InChI is InChI=1S/C32H48N4O10/c1-39-25-17-23(18-26(40-2)31(25)43-5)45-21-29(37)33-9-7-11-35-13-15-36(16-14-35)12-8-10-34-30(38)22-46-24-19-27(41-3)32(44-6)28(20-24)42-4/h17-20H,7-16,21-22H2,1-6H3,(H,33,37)(H,34,38). The molecule has 0 aromatic heterocycles. The van der Waals surface area contributed by atoms with E-state index >= 15 is 0 Å². The summed E-state index contributed by atoms with van der Waals surface area (Å²) in [7, 11) is 9.15. The molecule has 0 spiro atoms. The molecule has 1 fully saturated rings. The van der Waals surface area contributed by atoms with Crippen molar-refractivity contribution in [1.82, 2.24) is 20.4 Å². The average Bonchev–Trinajstić information content (AvgIpc) is 3.09. The van der Waals surface area contributed by atoms with Gasteiger partial charge in [-0.05, 0) is 25.9 Å². The lowest BCUT2D eigenvalue weighted by Gasteiger charge is -2.34. The molecular weight excluding hydrogens is 600 g/mol. The second-order valence-electron chi connectivity index (χ2n) is 10.4. The summed E-state index contributed by atoms with van der Waals surface area (Å²) in [6.07, 6.45) is 1.69. The Labute approximate surface area is 271 Å². The van der Waals surface area contributed by atoms with Gasteiger partial charge in [-0.2, -0.15) is 0 Å². The topological polar surface area (TPSA) is 139 Å². The maximum Gasteiger partial charge on any atom is 0.257 e. The van der Waals surface area contributed by atoms with Gasteiger partial charge in [-0.1, -0.05) is 0 Å². The zero-order valence-electron chi connectivity index (χ0n) is 27.8. The highest BCUT2D eigenvalue weighted by molar-refractivity contribution is 5.78. The zero-order chi connectivity index (χ0) is 33.3. The van der Waals surface area contributed by atoms with Crippen molar-refractivity contribution in [2.24, 2.45) is 0 Å². The predicted molar refractivity (Wildman–Crippen MR) is 171 cm³/mol. The predicted octanol–water partition coefficient (Wildman–Crippen LogP) is 1.83. The first-order chi connectivity index (χ1) is 22.3. The van der Waals surface area contributed by atoms with Crippen LogP contribution in [0.2, 0.25) is 0 Å². The van der Waals surface area contributed by atoms with Crippen molar-refractivity contribution in [3.63, 3.8) is 0 Å². The molecule has 0 saturated carbocycles. The van der Waals surface area contributed by atoms with E-state index in [4.69, 9.17) is 37.9 Å². The van der Waals surface area contributed by atoms with Gasteiger partial charge in [0.1, 0.15) is 11.5 Å². The van der Waals surface area contributed by atoms with E-state index in [0.29, 0.717) is 59.1 Å². The molecule has 0 unspecified atom stereocenters. The molecular formula is C32H48N4O10. The maximum absolute atomic E-state index is 12.3. The van der Waals surface area contributed by atoms with Crippen LogP contribution in [0.15, 0.2) is 24.3 Å². The summed E-state index contributed by atoms with van der Waals surface area (Å²) in [5, 5.41) is 5.82. The Morgan fingerprint density at radius 3 is 1.17 bits per heavy atom. The highest BCUT2D eigenvalue weighted by atomic mass is 16.5. The van der Waals surface area contributed by atoms with Gasteiger partial charge in [0.25, 0.3) is 11.8 Å². The summed E-state index contributed by atoms with van der Waals surface area (Å²) >= 11 is 0. The molecule has 1 aliphatic rings. The zero-order valence-corrected chi connectivity index (χ0v) is 27.8. The monoisotopic (exact) mass is 648 g/mol. The van der Waals surface area contributed by atoms with Crippen LogP contribution in [0.5, 0.6) is 46.0 Å². The Hall–Kier alpha value is -4.30. The van der Waals surface area contributed by atoms with Gasteiger partial charge in [0.2, 0.25) is 11.5 Å². The first-order valence-electron chi connectivity index (χ1n) is 15.2. The minimum atomic E-state index is -0.196. The third-order valence-electron chi connectivity index (χ3n) is 7.43. The number of hydrogen-bond acceptors (Lipinski definition) is 12. The molecule has 1 saturated heterocycles. The summed E-state index contributed by atoms with van der Waals surface area (Å²) in [5.41, 5.74) is 0. The highest BCUT2D eigenvalue weighted by Gasteiger charge is 2.18. The van der Waals surface area contributed by atoms with Gasteiger partial charge in [0, 0.05) is 63.5 Å². The number of ether oxygens (including phenoxy) is 8.